The average molecular weight is 435 g/mol. The quantitative estimate of drug-likeness (QED) is 0.739. The lowest BCUT2D eigenvalue weighted by Crippen LogP contribution is -2.60. The van der Waals surface area contributed by atoms with E-state index in [1.54, 1.807) is 0 Å². The number of carboxylic acids is 1. The molecule has 1 heterocycles. The second kappa shape index (κ2) is 6.08. The number of fused-ring (bicyclic) bond motifs is 1. The number of carbonyl (C=O) groups is 1. The Morgan fingerprint density at radius 3 is 2.77 bits per heavy atom. The van der Waals surface area contributed by atoms with E-state index in [1.165, 1.54) is 16.7 Å². The monoisotopic (exact) mass is 433 g/mol. The molecule has 4 unspecified atom stereocenters. The van der Waals surface area contributed by atoms with Gasteiger partial charge in [-0.2, -0.15) is 0 Å². The highest BCUT2D eigenvalue weighted by atomic mass is 79.9. The van der Waals surface area contributed by atoms with Gasteiger partial charge in [-0.25, -0.2) is 0 Å². The van der Waals surface area contributed by atoms with Crippen LogP contribution in [0.5, 0.6) is 0 Å². The van der Waals surface area contributed by atoms with Gasteiger partial charge >= 0.3 is 5.97 Å². The minimum Gasteiger partial charge on any atom is -0.481 e. The first-order valence-electron chi connectivity index (χ1n) is 8.90. The van der Waals surface area contributed by atoms with Crippen LogP contribution >= 0.6 is 28.3 Å². The van der Waals surface area contributed by atoms with Crippen LogP contribution in [0.2, 0.25) is 0 Å². The molecule has 5 heteroatoms. The van der Waals surface area contributed by atoms with E-state index in [0.29, 0.717) is 6.54 Å². The number of halogens is 2. The normalized spacial score (nSPS) is 33.9. The number of benzene rings is 2. The topological polar surface area (TPSA) is 49.3 Å². The summed E-state index contributed by atoms with van der Waals surface area (Å²) in [6.45, 7) is 1.34. The molecule has 4 aliphatic rings. The van der Waals surface area contributed by atoms with E-state index in [0.717, 1.165) is 23.9 Å². The summed E-state index contributed by atoms with van der Waals surface area (Å²) in [5, 5.41) is 13.8. The third kappa shape index (κ3) is 2.01. The Morgan fingerprint density at radius 1 is 1.19 bits per heavy atom. The van der Waals surface area contributed by atoms with E-state index in [1.807, 2.05) is 6.07 Å². The van der Waals surface area contributed by atoms with E-state index in [2.05, 4.69) is 63.7 Å². The van der Waals surface area contributed by atoms with Crippen molar-refractivity contribution in [2.75, 3.05) is 13.1 Å². The van der Waals surface area contributed by atoms with Gasteiger partial charge in [0.2, 0.25) is 0 Å². The second-order valence-corrected chi connectivity index (χ2v) is 8.60. The van der Waals surface area contributed by atoms with Crippen molar-refractivity contribution in [2.24, 2.45) is 11.3 Å². The predicted octanol–water partition coefficient (Wildman–Crippen LogP) is 4.34. The van der Waals surface area contributed by atoms with Gasteiger partial charge in [-0.3, -0.25) is 4.79 Å². The van der Waals surface area contributed by atoms with Gasteiger partial charge in [-0.05, 0) is 41.7 Å². The van der Waals surface area contributed by atoms with Gasteiger partial charge < -0.3 is 10.4 Å². The van der Waals surface area contributed by atoms with Gasteiger partial charge in [0.15, 0.2) is 0 Å². The molecular formula is C21H21BrClNO2. The van der Waals surface area contributed by atoms with E-state index in [-0.39, 0.29) is 29.7 Å². The Hall–Kier alpha value is -1.36. The molecule has 6 rings (SSSR count). The van der Waals surface area contributed by atoms with Gasteiger partial charge in [-0.15, -0.1) is 12.4 Å². The summed E-state index contributed by atoms with van der Waals surface area (Å²) in [5.74, 6) is -0.447. The fraction of sp³-hybridized carbons (Fsp3) is 0.381. The van der Waals surface area contributed by atoms with Crippen molar-refractivity contribution >= 4 is 34.3 Å². The molecule has 3 aliphatic carbocycles. The molecular weight excluding hydrogens is 414 g/mol. The molecule has 1 saturated heterocycles. The van der Waals surface area contributed by atoms with Crippen LogP contribution in [0.1, 0.15) is 35.4 Å². The molecule has 0 radical (unpaired) electrons. The largest absolute Gasteiger partial charge is 0.481 e. The maximum atomic E-state index is 12.5. The molecule has 2 aromatic carbocycles. The number of hydrogen-bond donors (Lipinski definition) is 2. The van der Waals surface area contributed by atoms with Crippen molar-refractivity contribution in [3.05, 3.63) is 69.7 Å². The Morgan fingerprint density at radius 2 is 2.00 bits per heavy atom. The Bertz CT molecular complexity index is 888. The van der Waals surface area contributed by atoms with Crippen molar-refractivity contribution in [3.8, 4) is 0 Å². The predicted molar refractivity (Wildman–Crippen MR) is 107 cm³/mol. The van der Waals surface area contributed by atoms with Crippen LogP contribution in [-0.4, -0.2) is 24.2 Å². The van der Waals surface area contributed by atoms with E-state index < -0.39 is 11.4 Å². The van der Waals surface area contributed by atoms with Gasteiger partial charge in [0.25, 0.3) is 0 Å². The molecule has 0 amide bonds. The zero-order valence-corrected chi connectivity index (χ0v) is 16.6. The summed E-state index contributed by atoms with van der Waals surface area (Å²) >= 11 is 3.62. The van der Waals surface area contributed by atoms with Crippen LogP contribution < -0.4 is 5.32 Å². The first-order chi connectivity index (χ1) is 12.1. The number of hydrogen-bond acceptors (Lipinski definition) is 2. The molecule has 0 spiro atoms. The molecule has 26 heavy (non-hydrogen) atoms. The Labute approximate surface area is 167 Å². The first-order valence-corrected chi connectivity index (χ1v) is 9.69. The summed E-state index contributed by atoms with van der Waals surface area (Å²) in [6.07, 6.45) is 1.96. The highest BCUT2D eigenvalue weighted by Crippen LogP contribution is 2.67. The molecule has 2 N–H and O–H groups in total. The van der Waals surface area contributed by atoms with E-state index in [4.69, 9.17) is 0 Å². The first kappa shape index (κ1) is 18.0. The molecule has 1 aliphatic heterocycles. The lowest BCUT2D eigenvalue weighted by Gasteiger charge is -2.59. The highest BCUT2D eigenvalue weighted by molar-refractivity contribution is 9.10. The summed E-state index contributed by atoms with van der Waals surface area (Å²) in [5.41, 5.74) is 2.91. The molecule has 136 valence electrons. The molecule has 2 bridgehead atoms. The third-order valence-corrected chi connectivity index (χ3v) is 7.48. The summed E-state index contributed by atoms with van der Waals surface area (Å²) in [6, 6.07) is 17.0. The Kier molecular flexibility index (Phi) is 4.22. The lowest BCUT2D eigenvalue weighted by atomic mass is 9.42. The molecule has 3 nitrogen and oxygen atoms in total. The standard InChI is InChI=1S/C21H20BrNO2.ClH/c22-14-5-3-4-13(10-14)20-9-8-17(15-6-1-2-7-16(15)20)21(19(24)25)12-23-11-18(20)21;/h1-7,10,17-18,23H,8-9,11-12H2,(H,24,25);1H. The molecule has 4 atom stereocenters. The van der Waals surface area contributed by atoms with Crippen molar-refractivity contribution in [2.45, 2.75) is 24.2 Å². The Balaban J connectivity index is 0.00000168. The van der Waals surface area contributed by atoms with Crippen LogP contribution in [0.4, 0.5) is 0 Å². The second-order valence-electron chi connectivity index (χ2n) is 7.69. The van der Waals surface area contributed by atoms with Gasteiger partial charge in [0, 0.05) is 34.8 Å². The zero-order valence-electron chi connectivity index (χ0n) is 14.2. The van der Waals surface area contributed by atoms with Gasteiger partial charge in [0.1, 0.15) is 0 Å². The minimum atomic E-state index is -0.699. The highest BCUT2D eigenvalue weighted by Gasteiger charge is 2.68. The SMILES string of the molecule is Cl.O=C(O)C12CNCC1C1(c3cccc(Br)c3)CCC2c2ccccc21. The molecule has 2 aromatic rings. The fourth-order valence-corrected chi connectivity index (χ4v) is 6.51. The molecule has 1 saturated carbocycles. The lowest BCUT2D eigenvalue weighted by molar-refractivity contribution is -0.157. The minimum absolute atomic E-state index is 0. The van der Waals surface area contributed by atoms with Crippen LogP contribution in [0.3, 0.4) is 0 Å². The van der Waals surface area contributed by atoms with Crippen molar-refractivity contribution in [1.29, 1.82) is 0 Å². The van der Waals surface area contributed by atoms with Gasteiger partial charge in [-0.1, -0.05) is 52.3 Å². The van der Waals surface area contributed by atoms with Crippen molar-refractivity contribution < 1.29 is 9.90 Å². The van der Waals surface area contributed by atoms with Crippen LogP contribution in [0, 0.1) is 11.3 Å². The number of aliphatic carboxylic acids is 1. The number of carboxylic acid groups (broad SMARTS) is 1. The number of nitrogens with one attached hydrogen (secondary N) is 1. The summed E-state index contributed by atoms with van der Waals surface area (Å²) in [7, 11) is 0. The van der Waals surface area contributed by atoms with E-state index >= 15 is 0 Å². The van der Waals surface area contributed by atoms with Crippen LogP contribution in [-0.2, 0) is 10.2 Å². The van der Waals surface area contributed by atoms with Gasteiger partial charge in [0.05, 0.1) is 5.41 Å². The van der Waals surface area contributed by atoms with Crippen LogP contribution in [0.25, 0.3) is 0 Å². The van der Waals surface area contributed by atoms with Crippen molar-refractivity contribution in [1.82, 2.24) is 5.32 Å². The average Bonchev–Trinajstić information content (AvgIpc) is 3.10. The smallest absolute Gasteiger partial charge is 0.311 e. The van der Waals surface area contributed by atoms with E-state index in [9.17, 15) is 9.90 Å². The zero-order chi connectivity index (χ0) is 17.2. The summed E-state index contributed by atoms with van der Waals surface area (Å²) in [4.78, 5) is 12.5. The fourth-order valence-electron chi connectivity index (χ4n) is 6.12. The summed E-state index contributed by atoms with van der Waals surface area (Å²) < 4.78 is 1.05. The van der Waals surface area contributed by atoms with Crippen molar-refractivity contribution in [3.63, 3.8) is 0 Å². The molecule has 0 aromatic heterocycles. The molecule has 2 fully saturated rings. The maximum Gasteiger partial charge on any atom is 0.311 e. The maximum absolute atomic E-state index is 12.5. The van der Waals surface area contributed by atoms with Crippen LogP contribution in [0.15, 0.2) is 53.0 Å². The third-order valence-electron chi connectivity index (χ3n) is 6.99. The number of rotatable bonds is 2.